The number of methoxy groups -OCH3 is 1. The van der Waals surface area contributed by atoms with Crippen molar-refractivity contribution in [3.63, 3.8) is 0 Å². The maximum Gasteiger partial charge on any atom is 0.243 e. The number of sulfonamides is 2. The Morgan fingerprint density at radius 2 is 1.62 bits per heavy atom. The van der Waals surface area contributed by atoms with E-state index in [-0.39, 0.29) is 30.8 Å². The molecule has 0 unspecified atom stereocenters. The van der Waals surface area contributed by atoms with E-state index in [0.29, 0.717) is 11.8 Å². The lowest BCUT2D eigenvalue weighted by Crippen LogP contribution is -2.46. The summed E-state index contributed by atoms with van der Waals surface area (Å²) < 4.78 is 85.9. The van der Waals surface area contributed by atoms with Gasteiger partial charge in [0.05, 0.1) is 12.0 Å². The summed E-state index contributed by atoms with van der Waals surface area (Å²) in [6, 6.07) is 7.56. The summed E-state index contributed by atoms with van der Waals surface area (Å²) in [6.45, 7) is 0.181. The van der Waals surface area contributed by atoms with Gasteiger partial charge in [0.1, 0.15) is 22.3 Å². The molecule has 0 amide bonds. The number of ether oxygens (including phenoxy) is 1. The number of nitrogens with one attached hydrogen (secondary N) is 1. The molecule has 1 saturated heterocycles. The molecule has 0 bridgehead atoms. The van der Waals surface area contributed by atoms with Crippen molar-refractivity contribution in [2.45, 2.75) is 28.7 Å². The van der Waals surface area contributed by atoms with Crippen LogP contribution in [0, 0.1) is 11.6 Å². The molecule has 0 aromatic heterocycles. The highest BCUT2D eigenvalue weighted by molar-refractivity contribution is 7.89. The molecular weight excluding hydrogens is 426 g/mol. The first-order valence-corrected chi connectivity index (χ1v) is 11.7. The average molecular weight is 446 g/mol. The van der Waals surface area contributed by atoms with E-state index in [2.05, 4.69) is 4.72 Å². The van der Waals surface area contributed by atoms with E-state index < -0.39 is 42.6 Å². The molecule has 3 rings (SSSR count). The number of benzene rings is 2. The Balaban J connectivity index is 1.67. The standard InChI is InChI=1S/C18H20F2N2O5S2/c1-27-15-3-5-16(6-4-15)29(25,26)22-10-8-14(9-11-22)21-28(23,24)18-12-13(19)2-7-17(18)20/h2-7,12,14,21H,8-11H2,1H3. The maximum absolute atomic E-state index is 13.8. The summed E-state index contributed by atoms with van der Waals surface area (Å²) in [5.41, 5.74) is 0. The van der Waals surface area contributed by atoms with E-state index in [4.69, 9.17) is 4.74 Å². The maximum atomic E-state index is 13.8. The third-order valence-electron chi connectivity index (χ3n) is 4.66. The van der Waals surface area contributed by atoms with Crippen LogP contribution in [0.3, 0.4) is 0 Å². The fraction of sp³-hybridized carbons (Fsp3) is 0.333. The van der Waals surface area contributed by atoms with Gasteiger partial charge in [0, 0.05) is 19.1 Å². The van der Waals surface area contributed by atoms with Gasteiger partial charge < -0.3 is 4.74 Å². The SMILES string of the molecule is COc1ccc(S(=O)(=O)N2CCC(NS(=O)(=O)c3cc(F)ccc3F)CC2)cc1. The highest BCUT2D eigenvalue weighted by atomic mass is 32.2. The molecule has 11 heteroatoms. The lowest BCUT2D eigenvalue weighted by molar-refractivity contribution is 0.308. The van der Waals surface area contributed by atoms with Gasteiger partial charge in [0.25, 0.3) is 0 Å². The van der Waals surface area contributed by atoms with E-state index in [1.165, 1.54) is 23.5 Å². The number of hydrogen-bond acceptors (Lipinski definition) is 5. The van der Waals surface area contributed by atoms with Crippen LogP contribution in [0.4, 0.5) is 8.78 Å². The van der Waals surface area contributed by atoms with Crippen LogP contribution in [0.1, 0.15) is 12.8 Å². The second kappa shape index (κ2) is 8.34. The molecule has 7 nitrogen and oxygen atoms in total. The molecule has 29 heavy (non-hydrogen) atoms. The molecule has 0 aliphatic carbocycles. The summed E-state index contributed by atoms with van der Waals surface area (Å²) in [5.74, 6) is -1.40. The monoisotopic (exact) mass is 446 g/mol. The van der Waals surface area contributed by atoms with Crippen molar-refractivity contribution in [1.82, 2.24) is 9.03 Å². The molecule has 1 fully saturated rings. The van der Waals surface area contributed by atoms with E-state index in [9.17, 15) is 25.6 Å². The molecule has 0 atom stereocenters. The van der Waals surface area contributed by atoms with Crippen LogP contribution < -0.4 is 9.46 Å². The third kappa shape index (κ3) is 4.74. The number of halogens is 2. The van der Waals surface area contributed by atoms with Gasteiger partial charge >= 0.3 is 0 Å². The smallest absolute Gasteiger partial charge is 0.243 e. The first kappa shape index (κ1) is 21.6. The van der Waals surface area contributed by atoms with Crippen LogP contribution in [0.5, 0.6) is 5.75 Å². The number of rotatable bonds is 6. The van der Waals surface area contributed by atoms with Crippen LogP contribution in [0.15, 0.2) is 52.3 Å². The fourth-order valence-electron chi connectivity index (χ4n) is 3.08. The highest BCUT2D eigenvalue weighted by Gasteiger charge is 2.32. The van der Waals surface area contributed by atoms with Gasteiger partial charge in [-0.2, -0.15) is 4.31 Å². The Morgan fingerprint density at radius 1 is 1.00 bits per heavy atom. The Hall–Kier alpha value is -2.08. The van der Waals surface area contributed by atoms with Gasteiger partial charge in [-0.1, -0.05) is 0 Å². The number of nitrogens with zero attached hydrogens (tertiary/aromatic N) is 1. The molecule has 1 aliphatic rings. The lowest BCUT2D eigenvalue weighted by atomic mass is 10.1. The van der Waals surface area contributed by atoms with Crippen molar-refractivity contribution in [3.8, 4) is 5.75 Å². The zero-order valence-electron chi connectivity index (χ0n) is 15.5. The first-order valence-electron chi connectivity index (χ1n) is 8.75. The number of piperidine rings is 1. The van der Waals surface area contributed by atoms with Crippen LogP contribution in [0.25, 0.3) is 0 Å². The van der Waals surface area contributed by atoms with Crippen LogP contribution >= 0.6 is 0 Å². The van der Waals surface area contributed by atoms with E-state index >= 15 is 0 Å². The summed E-state index contributed by atoms with van der Waals surface area (Å²) in [6.07, 6.45) is 0.400. The third-order valence-corrected chi connectivity index (χ3v) is 8.10. The largest absolute Gasteiger partial charge is 0.497 e. The number of hydrogen-bond donors (Lipinski definition) is 1. The molecule has 0 spiro atoms. The van der Waals surface area contributed by atoms with Gasteiger partial charge in [-0.25, -0.2) is 30.3 Å². The predicted molar refractivity (Wildman–Crippen MR) is 101 cm³/mol. The van der Waals surface area contributed by atoms with Gasteiger partial charge in [0.2, 0.25) is 20.0 Å². The first-order chi connectivity index (χ1) is 13.6. The second-order valence-electron chi connectivity index (χ2n) is 6.55. The minimum absolute atomic E-state index is 0.0905. The fourth-order valence-corrected chi connectivity index (χ4v) is 5.94. The van der Waals surface area contributed by atoms with Crippen molar-refractivity contribution in [2.24, 2.45) is 0 Å². The quantitative estimate of drug-likeness (QED) is 0.734. The van der Waals surface area contributed by atoms with Gasteiger partial charge in [-0.3, -0.25) is 0 Å². The summed E-state index contributed by atoms with van der Waals surface area (Å²) in [5, 5.41) is 0. The molecule has 2 aromatic carbocycles. The van der Waals surface area contributed by atoms with Gasteiger partial charge in [-0.05, 0) is 55.3 Å². The summed E-state index contributed by atoms with van der Waals surface area (Å²) >= 11 is 0. The molecular formula is C18H20F2N2O5S2. The van der Waals surface area contributed by atoms with Crippen molar-refractivity contribution < 1.29 is 30.4 Å². The van der Waals surface area contributed by atoms with Gasteiger partial charge in [-0.15, -0.1) is 0 Å². The topological polar surface area (TPSA) is 92.8 Å². The van der Waals surface area contributed by atoms with Crippen molar-refractivity contribution >= 4 is 20.0 Å². The predicted octanol–water partition coefficient (Wildman–Crippen LogP) is 2.10. The normalized spacial score (nSPS) is 16.7. The van der Waals surface area contributed by atoms with E-state index in [1.807, 2.05) is 0 Å². The van der Waals surface area contributed by atoms with Gasteiger partial charge in [0.15, 0.2) is 0 Å². The Morgan fingerprint density at radius 3 is 2.21 bits per heavy atom. The molecule has 2 aromatic rings. The molecule has 1 aliphatic heterocycles. The minimum atomic E-state index is -4.27. The Bertz CT molecular complexity index is 1080. The van der Waals surface area contributed by atoms with Crippen molar-refractivity contribution in [2.75, 3.05) is 20.2 Å². The van der Waals surface area contributed by atoms with E-state index in [0.717, 1.165) is 12.1 Å². The lowest BCUT2D eigenvalue weighted by Gasteiger charge is -2.31. The van der Waals surface area contributed by atoms with Crippen LogP contribution in [-0.2, 0) is 20.0 Å². The summed E-state index contributed by atoms with van der Waals surface area (Å²) in [7, 11) is -6.52. The minimum Gasteiger partial charge on any atom is -0.497 e. The van der Waals surface area contributed by atoms with Crippen molar-refractivity contribution in [1.29, 1.82) is 0 Å². The van der Waals surface area contributed by atoms with Crippen LogP contribution in [-0.4, -0.2) is 47.4 Å². The second-order valence-corrected chi connectivity index (χ2v) is 10.2. The van der Waals surface area contributed by atoms with Crippen molar-refractivity contribution in [3.05, 3.63) is 54.1 Å². The highest BCUT2D eigenvalue weighted by Crippen LogP contribution is 2.24. The van der Waals surface area contributed by atoms with E-state index in [1.54, 1.807) is 12.1 Å². The average Bonchev–Trinajstić information content (AvgIpc) is 2.70. The summed E-state index contributed by atoms with van der Waals surface area (Å²) in [4.78, 5) is -0.662. The van der Waals surface area contributed by atoms with Crippen LogP contribution in [0.2, 0.25) is 0 Å². The molecule has 158 valence electrons. The molecule has 1 N–H and O–H groups in total. The molecule has 1 heterocycles. The molecule has 0 radical (unpaired) electrons. The zero-order valence-corrected chi connectivity index (χ0v) is 17.1. The Kier molecular flexibility index (Phi) is 6.22. The Labute approximate surface area is 168 Å². The zero-order chi connectivity index (χ0) is 21.2. The molecule has 0 saturated carbocycles.